The molecule has 1 aromatic rings. The SMILES string of the molecule is Cc1nc(Cl)sc1C#N. The van der Waals surface area contributed by atoms with E-state index in [0.717, 1.165) is 0 Å². The standard InChI is InChI=1S/C5H3ClN2S/c1-3-4(2-7)9-5(6)8-3/h1H3. The molecule has 0 bridgehead atoms. The highest BCUT2D eigenvalue weighted by molar-refractivity contribution is 7.16. The van der Waals surface area contributed by atoms with E-state index in [1.165, 1.54) is 11.3 Å². The molecule has 0 aromatic carbocycles. The fourth-order valence-electron chi connectivity index (χ4n) is 0.467. The summed E-state index contributed by atoms with van der Waals surface area (Å²) in [7, 11) is 0. The summed E-state index contributed by atoms with van der Waals surface area (Å²) in [6.45, 7) is 1.76. The maximum atomic E-state index is 8.39. The molecule has 0 N–H and O–H groups in total. The van der Waals surface area contributed by atoms with Crippen molar-refractivity contribution >= 4 is 22.9 Å². The van der Waals surface area contributed by atoms with E-state index in [4.69, 9.17) is 16.9 Å². The van der Waals surface area contributed by atoms with Crippen LogP contribution >= 0.6 is 22.9 Å². The molecule has 0 radical (unpaired) electrons. The highest BCUT2D eigenvalue weighted by Crippen LogP contribution is 2.20. The first kappa shape index (κ1) is 6.53. The quantitative estimate of drug-likeness (QED) is 0.579. The van der Waals surface area contributed by atoms with Crippen LogP contribution in [-0.4, -0.2) is 4.98 Å². The smallest absolute Gasteiger partial charge is 0.185 e. The normalized spacial score (nSPS) is 9.00. The highest BCUT2D eigenvalue weighted by Gasteiger charge is 2.02. The predicted octanol–water partition coefficient (Wildman–Crippen LogP) is 1.98. The molecule has 9 heavy (non-hydrogen) atoms. The lowest BCUT2D eigenvalue weighted by atomic mass is 10.4. The molecule has 0 unspecified atom stereocenters. The van der Waals surface area contributed by atoms with Gasteiger partial charge in [-0.1, -0.05) is 22.9 Å². The van der Waals surface area contributed by atoms with E-state index in [1.807, 2.05) is 6.07 Å². The minimum absolute atomic E-state index is 0.434. The molecule has 0 aliphatic rings. The monoisotopic (exact) mass is 158 g/mol. The number of halogens is 1. The van der Waals surface area contributed by atoms with Crippen molar-refractivity contribution in [1.29, 1.82) is 5.26 Å². The molecule has 0 saturated heterocycles. The Kier molecular flexibility index (Phi) is 1.70. The number of thiazole rings is 1. The largest absolute Gasteiger partial charge is 0.229 e. The molecule has 0 atom stereocenters. The third-order valence-electron chi connectivity index (χ3n) is 0.872. The number of hydrogen-bond acceptors (Lipinski definition) is 3. The molecule has 1 aromatic heterocycles. The molecule has 0 saturated carbocycles. The lowest BCUT2D eigenvalue weighted by Gasteiger charge is -1.74. The first-order valence-corrected chi connectivity index (χ1v) is 3.46. The Labute approximate surface area is 61.7 Å². The fraction of sp³-hybridized carbons (Fsp3) is 0.200. The van der Waals surface area contributed by atoms with Crippen LogP contribution in [0.15, 0.2) is 0 Å². The van der Waals surface area contributed by atoms with Crippen LogP contribution in [0.2, 0.25) is 4.47 Å². The van der Waals surface area contributed by atoms with Crippen LogP contribution in [0, 0.1) is 18.3 Å². The summed E-state index contributed by atoms with van der Waals surface area (Å²) in [5.74, 6) is 0. The van der Waals surface area contributed by atoms with Gasteiger partial charge in [-0.15, -0.1) is 0 Å². The van der Waals surface area contributed by atoms with E-state index in [1.54, 1.807) is 6.92 Å². The molecule has 0 fully saturated rings. The van der Waals surface area contributed by atoms with Crippen molar-refractivity contribution in [2.24, 2.45) is 0 Å². The number of nitrogens with zero attached hydrogens (tertiary/aromatic N) is 2. The van der Waals surface area contributed by atoms with Crippen molar-refractivity contribution in [3.63, 3.8) is 0 Å². The molecule has 0 amide bonds. The summed E-state index contributed by atoms with van der Waals surface area (Å²) in [4.78, 5) is 4.44. The van der Waals surface area contributed by atoms with E-state index in [-0.39, 0.29) is 0 Å². The number of aryl methyl sites for hydroxylation is 1. The van der Waals surface area contributed by atoms with Crippen molar-refractivity contribution in [2.75, 3.05) is 0 Å². The molecule has 0 spiro atoms. The van der Waals surface area contributed by atoms with E-state index >= 15 is 0 Å². The molecular weight excluding hydrogens is 156 g/mol. The van der Waals surface area contributed by atoms with Crippen molar-refractivity contribution < 1.29 is 0 Å². The number of rotatable bonds is 0. The summed E-state index contributed by atoms with van der Waals surface area (Å²) < 4.78 is 0.434. The van der Waals surface area contributed by atoms with E-state index in [0.29, 0.717) is 15.0 Å². The topological polar surface area (TPSA) is 36.7 Å². The van der Waals surface area contributed by atoms with Crippen LogP contribution in [-0.2, 0) is 0 Å². The first-order chi connectivity index (χ1) is 4.24. The van der Waals surface area contributed by atoms with Gasteiger partial charge in [0.1, 0.15) is 10.9 Å². The van der Waals surface area contributed by atoms with Crippen LogP contribution < -0.4 is 0 Å². The summed E-state index contributed by atoms with van der Waals surface area (Å²) in [5, 5.41) is 8.39. The molecule has 1 rings (SSSR count). The Balaban J connectivity index is 3.20. The van der Waals surface area contributed by atoms with Crippen molar-refractivity contribution in [3.8, 4) is 6.07 Å². The van der Waals surface area contributed by atoms with Gasteiger partial charge in [-0.25, -0.2) is 4.98 Å². The van der Waals surface area contributed by atoms with Gasteiger partial charge >= 0.3 is 0 Å². The van der Waals surface area contributed by atoms with Gasteiger partial charge in [0, 0.05) is 0 Å². The van der Waals surface area contributed by atoms with Gasteiger partial charge in [-0.05, 0) is 6.92 Å². The predicted molar refractivity (Wildman–Crippen MR) is 36.6 cm³/mol. The maximum Gasteiger partial charge on any atom is 0.185 e. The third-order valence-corrected chi connectivity index (χ3v) is 2.04. The zero-order valence-corrected chi connectivity index (χ0v) is 6.25. The zero-order valence-electron chi connectivity index (χ0n) is 4.68. The van der Waals surface area contributed by atoms with Crippen LogP contribution in [0.3, 0.4) is 0 Å². The molecular formula is C5H3ClN2S. The van der Waals surface area contributed by atoms with Gasteiger partial charge in [-0.2, -0.15) is 5.26 Å². The molecule has 4 heteroatoms. The zero-order chi connectivity index (χ0) is 6.85. The second-order valence-corrected chi connectivity index (χ2v) is 3.07. The second-order valence-electron chi connectivity index (χ2n) is 1.49. The van der Waals surface area contributed by atoms with Gasteiger partial charge in [-0.3, -0.25) is 0 Å². The third kappa shape index (κ3) is 1.21. The molecule has 1 heterocycles. The average Bonchev–Trinajstić information content (AvgIpc) is 2.10. The number of aromatic nitrogens is 1. The molecule has 2 nitrogen and oxygen atoms in total. The summed E-state index contributed by atoms with van der Waals surface area (Å²) in [5.41, 5.74) is 0.715. The second kappa shape index (κ2) is 2.34. The lowest BCUT2D eigenvalue weighted by Crippen LogP contribution is -1.71. The van der Waals surface area contributed by atoms with Crippen molar-refractivity contribution in [1.82, 2.24) is 4.98 Å². The van der Waals surface area contributed by atoms with E-state index in [9.17, 15) is 0 Å². The van der Waals surface area contributed by atoms with Crippen LogP contribution in [0.4, 0.5) is 0 Å². The van der Waals surface area contributed by atoms with E-state index in [2.05, 4.69) is 4.98 Å². The maximum absolute atomic E-state index is 8.39. The van der Waals surface area contributed by atoms with Crippen LogP contribution in [0.1, 0.15) is 10.6 Å². The van der Waals surface area contributed by atoms with Gasteiger partial charge in [0.15, 0.2) is 4.47 Å². The van der Waals surface area contributed by atoms with Gasteiger partial charge in [0.05, 0.1) is 5.69 Å². The minimum atomic E-state index is 0.434. The van der Waals surface area contributed by atoms with Gasteiger partial charge in [0.25, 0.3) is 0 Å². The molecule has 0 aliphatic carbocycles. The summed E-state index contributed by atoms with van der Waals surface area (Å²) >= 11 is 6.71. The van der Waals surface area contributed by atoms with Gasteiger partial charge < -0.3 is 0 Å². The van der Waals surface area contributed by atoms with Crippen LogP contribution in [0.5, 0.6) is 0 Å². The lowest BCUT2D eigenvalue weighted by molar-refractivity contribution is 1.25. The summed E-state index contributed by atoms with van der Waals surface area (Å²) in [6, 6.07) is 1.99. The Morgan fingerprint density at radius 3 is 2.67 bits per heavy atom. The Morgan fingerprint density at radius 1 is 1.78 bits per heavy atom. The minimum Gasteiger partial charge on any atom is -0.229 e. The Hall–Kier alpha value is -0.590. The summed E-state index contributed by atoms with van der Waals surface area (Å²) in [6.07, 6.45) is 0. The first-order valence-electron chi connectivity index (χ1n) is 2.27. The highest BCUT2D eigenvalue weighted by atomic mass is 35.5. The molecule has 0 aliphatic heterocycles. The van der Waals surface area contributed by atoms with Crippen molar-refractivity contribution in [2.45, 2.75) is 6.92 Å². The fourth-order valence-corrected chi connectivity index (χ4v) is 1.42. The van der Waals surface area contributed by atoms with Crippen molar-refractivity contribution in [3.05, 3.63) is 15.0 Å². The Morgan fingerprint density at radius 2 is 2.44 bits per heavy atom. The molecule has 46 valence electrons. The number of hydrogen-bond donors (Lipinski definition) is 0. The Bertz CT molecular complexity index is 260. The average molecular weight is 159 g/mol. The van der Waals surface area contributed by atoms with Crippen LogP contribution in [0.25, 0.3) is 0 Å². The van der Waals surface area contributed by atoms with E-state index < -0.39 is 0 Å². The van der Waals surface area contributed by atoms with Gasteiger partial charge in [0.2, 0.25) is 0 Å². The number of nitriles is 1.